The number of hydrogen-bond acceptors (Lipinski definition) is 3. The average molecular weight is 329 g/mol. The number of anilines is 1. The zero-order chi connectivity index (χ0) is 16.4. The van der Waals surface area contributed by atoms with Crippen LogP contribution in [0.4, 0.5) is 5.69 Å². The van der Waals surface area contributed by atoms with Crippen molar-refractivity contribution < 1.29 is 0 Å². The molecule has 1 N–H and O–H groups in total. The maximum Gasteiger partial charge on any atom is 0.178 e. The predicted molar refractivity (Wildman–Crippen MR) is 95.1 cm³/mol. The number of rotatable bonds is 5. The summed E-state index contributed by atoms with van der Waals surface area (Å²) in [6.45, 7) is 6.24. The first-order chi connectivity index (χ1) is 11.1. The molecule has 0 bridgehead atoms. The minimum absolute atomic E-state index is 0.178. The number of aromatic nitrogens is 3. The van der Waals surface area contributed by atoms with Crippen molar-refractivity contribution in [3.8, 4) is 0 Å². The van der Waals surface area contributed by atoms with Gasteiger partial charge in [0.1, 0.15) is 5.82 Å². The number of halogens is 1. The van der Waals surface area contributed by atoms with Crippen LogP contribution in [-0.2, 0) is 12.3 Å². The molecule has 4 nitrogen and oxygen atoms in total. The third-order valence-electron chi connectivity index (χ3n) is 4.02. The zero-order valence-corrected chi connectivity index (χ0v) is 14.4. The Hall–Kier alpha value is -2.07. The first-order valence-electron chi connectivity index (χ1n) is 7.88. The number of alkyl halides is 1. The Balaban J connectivity index is 2.00. The molecule has 0 fully saturated rings. The number of nitrogens with one attached hydrogen (secondary N) is 1. The Kier molecular flexibility index (Phi) is 4.53. The molecular formula is C18H21ClN4. The van der Waals surface area contributed by atoms with Crippen LogP contribution >= 0.6 is 11.6 Å². The third-order valence-corrected chi connectivity index (χ3v) is 4.33. The topological polar surface area (TPSA) is 42.2 Å². The second-order valence-electron chi connectivity index (χ2n) is 5.74. The van der Waals surface area contributed by atoms with Crippen LogP contribution < -0.4 is 5.32 Å². The van der Waals surface area contributed by atoms with E-state index < -0.39 is 0 Å². The first-order valence-corrected chi connectivity index (χ1v) is 8.42. The lowest BCUT2D eigenvalue weighted by Gasteiger charge is -2.19. The number of pyridine rings is 1. The molecule has 120 valence electrons. The summed E-state index contributed by atoms with van der Waals surface area (Å²) in [7, 11) is 0. The fraction of sp³-hybridized carbons (Fsp3) is 0.333. The SMILES string of the molecule is CCc1ccccc1C(C)Nc1cc(CCl)cn2nc(C)nc12. The fourth-order valence-corrected chi connectivity index (χ4v) is 3.06. The molecule has 0 aliphatic heterocycles. The maximum atomic E-state index is 6.02. The monoisotopic (exact) mass is 328 g/mol. The van der Waals surface area contributed by atoms with Crippen LogP contribution in [0.1, 0.15) is 42.4 Å². The van der Waals surface area contributed by atoms with Gasteiger partial charge < -0.3 is 5.32 Å². The lowest BCUT2D eigenvalue weighted by molar-refractivity contribution is 0.856. The van der Waals surface area contributed by atoms with E-state index in [0.717, 1.165) is 29.1 Å². The van der Waals surface area contributed by atoms with Crippen LogP contribution in [0.25, 0.3) is 5.65 Å². The summed E-state index contributed by atoms with van der Waals surface area (Å²) in [5.41, 5.74) is 5.47. The molecular weight excluding hydrogens is 308 g/mol. The zero-order valence-electron chi connectivity index (χ0n) is 13.7. The van der Waals surface area contributed by atoms with E-state index in [1.807, 2.05) is 13.1 Å². The lowest BCUT2D eigenvalue weighted by Crippen LogP contribution is -2.10. The normalized spacial score (nSPS) is 12.5. The van der Waals surface area contributed by atoms with Crippen molar-refractivity contribution in [2.75, 3.05) is 5.32 Å². The number of fused-ring (bicyclic) bond motifs is 1. The molecule has 0 radical (unpaired) electrons. The quantitative estimate of drug-likeness (QED) is 0.700. The second kappa shape index (κ2) is 6.59. The highest BCUT2D eigenvalue weighted by molar-refractivity contribution is 6.17. The van der Waals surface area contributed by atoms with Crippen LogP contribution in [0.5, 0.6) is 0 Å². The van der Waals surface area contributed by atoms with Crippen molar-refractivity contribution in [1.82, 2.24) is 14.6 Å². The molecule has 0 aliphatic rings. The summed E-state index contributed by atoms with van der Waals surface area (Å²) in [4.78, 5) is 4.52. The van der Waals surface area contributed by atoms with Gasteiger partial charge in [-0.1, -0.05) is 31.2 Å². The van der Waals surface area contributed by atoms with Gasteiger partial charge in [0.15, 0.2) is 5.65 Å². The molecule has 3 rings (SSSR count). The van der Waals surface area contributed by atoms with Crippen molar-refractivity contribution in [2.45, 2.75) is 39.1 Å². The van der Waals surface area contributed by atoms with E-state index in [1.54, 1.807) is 4.52 Å². The van der Waals surface area contributed by atoms with Crippen molar-refractivity contribution >= 4 is 22.9 Å². The molecule has 0 spiro atoms. The van der Waals surface area contributed by atoms with Crippen LogP contribution in [0, 0.1) is 6.92 Å². The molecule has 1 aromatic carbocycles. The first kappa shape index (κ1) is 15.8. The van der Waals surface area contributed by atoms with Crippen molar-refractivity contribution in [3.63, 3.8) is 0 Å². The molecule has 2 aromatic heterocycles. The van der Waals surface area contributed by atoms with Gasteiger partial charge in [0.05, 0.1) is 5.69 Å². The minimum Gasteiger partial charge on any atom is -0.375 e. The number of nitrogens with zero attached hydrogens (tertiary/aromatic N) is 3. The molecule has 0 saturated heterocycles. The smallest absolute Gasteiger partial charge is 0.178 e. The summed E-state index contributed by atoms with van der Waals surface area (Å²) < 4.78 is 1.80. The Morgan fingerprint density at radius 1 is 1.30 bits per heavy atom. The number of hydrogen-bond donors (Lipinski definition) is 1. The fourth-order valence-electron chi connectivity index (χ4n) is 2.92. The summed E-state index contributed by atoms with van der Waals surface area (Å²) in [5, 5.41) is 7.99. The molecule has 0 amide bonds. The van der Waals surface area contributed by atoms with E-state index in [9.17, 15) is 0 Å². The number of benzene rings is 1. The van der Waals surface area contributed by atoms with E-state index in [1.165, 1.54) is 11.1 Å². The van der Waals surface area contributed by atoms with Crippen molar-refractivity contribution in [2.24, 2.45) is 0 Å². The molecule has 0 saturated carbocycles. The molecule has 1 unspecified atom stereocenters. The summed E-state index contributed by atoms with van der Waals surface area (Å²) in [6.07, 6.45) is 2.95. The predicted octanol–water partition coefficient (Wildman–Crippen LogP) is 4.51. The van der Waals surface area contributed by atoms with Gasteiger partial charge in [-0.25, -0.2) is 9.50 Å². The van der Waals surface area contributed by atoms with Gasteiger partial charge in [-0.15, -0.1) is 11.6 Å². The minimum atomic E-state index is 0.178. The Bertz CT molecular complexity index is 825. The van der Waals surface area contributed by atoms with Gasteiger partial charge in [-0.05, 0) is 43.0 Å². The highest BCUT2D eigenvalue weighted by Gasteiger charge is 2.13. The summed E-state index contributed by atoms with van der Waals surface area (Å²) >= 11 is 6.02. The van der Waals surface area contributed by atoms with Gasteiger partial charge in [0, 0.05) is 18.1 Å². The Labute approximate surface area is 141 Å². The van der Waals surface area contributed by atoms with E-state index in [-0.39, 0.29) is 6.04 Å². The van der Waals surface area contributed by atoms with Crippen molar-refractivity contribution in [3.05, 3.63) is 59.0 Å². The van der Waals surface area contributed by atoms with Gasteiger partial charge in [0.25, 0.3) is 0 Å². The lowest BCUT2D eigenvalue weighted by atomic mass is 9.99. The Morgan fingerprint density at radius 2 is 2.09 bits per heavy atom. The van der Waals surface area contributed by atoms with Gasteiger partial charge in [-0.2, -0.15) is 5.10 Å². The Morgan fingerprint density at radius 3 is 2.83 bits per heavy atom. The van der Waals surface area contributed by atoms with E-state index in [4.69, 9.17) is 11.6 Å². The van der Waals surface area contributed by atoms with E-state index >= 15 is 0 Å². The highest BCUT2D eigenvalue weighted by Crippen LogP contribution is 2.26. The molecule has 1 atom stereocenters. The average Bonchev–Trinajstić information content (AvgIpc) is 2.95. The van der Waals surface area contributed by atoms with Gasteiger partial charge in [-0.3, -0.25) is 0 Å². The standard InChI is InChI=1S/C18H21ClN4/c1-4-15-7-5-6-8-16(15)12(2)20-17-9-14(10-19)11-23-18(17)21-13(3)22-23/h5-9,11-12,20H,4,10H2,1-3H3. The van der Waals surface area contributed by atoms with Crippen LogP contribution in [-0.4, -0.2) is 14.6 Å². The van der Waals surface area contributed by atoms with Crippen LogP contribution in [0.15, 0.2) is 36.5 Å². The molecule has 2 heterocycles. The molecule has 23 heavy (non-hydrogen) atoms. The third kappa shape index (κ3) is 3.17. The maximum absolute atomic E-state index is 6.02. The number of aryl methyl sites for hydroxylation is 2. The molecule has 3 aromatic rings. The van der Waals surface area contributed by atoms with Crippen LogP contribution in [0.3, 0.4) is 0 Å². The summed E-state index contributed by atoms with van der Waals surface area (Å²) in [6, 6.07) is 10.8. The van der Waals surface area contributed by atoms with Crippen molar-refractivity contribution in [1.29, 1.82) is 0 Å². The van der Waals surface area contributed by atoms with E-state index in [2.05, 4.69) is 59.6 Å². The van der Waals surface area contributed by atoms with Crippen LogP contribution in [0.2, 0.25) is 0 Å². The second-order valence-corrected chi connectivity index (χ2v) is 6.01. The largest absolute Gasteiger partial charge is 0.375 e. The van der Waals surface area contributed by atoms with Gasteiger partial charge in [0.2, 0.25) is 0 Å². The highest BCUT2D eigenvalue weighted by atomic mass is 35.5. The van der Waals surface area contributed by atoms with Gasteiger partial charge >= 0.3 is 0 Å². The van der Waals surface area contributed by atoms with E-state index in [0.29, 0.717) is 5.88 Å². The molecule has 0 aliphatic carbocycles. The summed E-state index contributed by atoms with van der Waals surface area (Å²) in [5.74, 6) is 1.20. The molecule has 5 heteroatoms.